The van der Waals surface area contributed by atoms with Crippen LogP contribution in [0.1, 0.15) is 33.1 Å². The molecule has 0 spiro atoms. The van der Waals surface area contributed by atoms with Crippen LogP contribution in [-0.2, 0) is 0 Å². The van der Waals surface area contributed by atoms with E-state index in [9.17, 15) is 0 Å². The zero-order valence-electron chi connectivity index (χ0n) is 5.85. The van der Waals surface area contributed by atoms with Crippen LogP contribution in [0.15, 0.2) is 0 Å². The van der Waals surface area contributed by atoms with Crippen molar-refractivity contribution in [2.24, 2.45) is 5.92 Å². The zero-order chi connectivity index (χ0) is 6.41. The molecule has 0 aromatic heterocycles. The Morgan fingerprint density at radius 3 is 2.50 bits per heavy atom. The summed E-state index contributed by atoms with van der Waals surface area (Å²) in [5.41, 5.74) is 0. The van der Waals surface area contributed by atoms with Crippen LogP contribution in [0.25, 0.3) is 0 Å². The third-order valence-electron chi connectivity index (χ3n) is 1.36. The molecule has 8 heavy (non-hydrogen) atoms. The summed E-state index contributed by atoms with van der Waals surface area (Å²) < 4.78 is 0. The molecular formula is C7H16S. The van der Waals surface area contributed by atoms with Gasteiger partial charge in [-0.25, -0.2) is 0 Å². The normalized spacial score (nSPS) is 13.9. The predicted octanol–water partition coefficient (Wildman–Crippen LogP) is 2.74. The smallest absolute Gasteiger partial charge is 0.00721 e. The predicted molar refractivity (Wildman–Crippen MR) is 42.5 cm³/mol. The van der Waals surface area contributed by atoms with E-state index in [4.69, 9.17) is 0 Å². The van der Waals surface area contributed by atoms with E-state index in [1.54, 1.807) is 0 Å². The average molecular weight is 132 g/mol. The van der Waals surface area contributed by atoms with Crippen molar-refractivity contribution in [3.8, 4) is 0 Å². The molecule has 1 atom stereocenters. The lowest BCUT2D eigenvalue weighted by Crippen LogP contribution is -1.94. The summed E-state index contributed by atoms with van der Waals surface area (Å²) in [6.07, 6.45) is 4.03. The first-order valence-corrected chi connectivity index (χ1v) is 4.05. The molecule has 1 heteroatoms. The van der Waals surface area contributed by atoms with Crippen LogP contribution < -0.4 is 0 Å². The Hall–Kier alpha value is 0.350. The molecule has 0 rings (SSSR count). The summed E-state index contributed by atoms with van der Waals surface area (Å²) in [7, 11) is 0. The number of hydrogen-bond donors (Lipinski definition) is 1. The van der Waals surface area contributed by atoms with Gasteiger partial charge < -0.3 is 0 Å². The first kappa shape index (κ1) is 8.35. The Morgan fingerprint density at radius 1 is 1.50 bits per heavy atom. The number of thiol groups is 1. The van der Waals surface area contributed by atoms with Gasteiger partial charge in [0.2, 0.25) is 0 Å². The lowest BCUT2D eigenvalue weighted by atomic mass is 10.1. The molecule has 0 fully saturated rings. The molecule has 0 bridgehead atoms. The van der Waals surface area contributed by atoms with Crippen molar-refractivity contribution in [3.05, 3.63) is 0 Å². The molecular weight excluding hydrogens is 116 g/mol. The molecule has 0 aliphatic rings. The number of unbranched alkanes of at least 4 members (excludes halogenated alkanes) is 1. The second kappa shape index (κ2) is 5.49. The average Bonchev–Trinajstić information content (AvgIpc) is 1.83. The zero-order valence-corrected chi connectivity index (χ0v) is 6.75. The van der Waals surface area contributed by atoms with E-state index in [1.165, 1.54) is 19.3 Å². The van der Waals surface area contributed by atoms with Crippen LogP contribution in [0, 0.1) is 5.92 Å². The summed E-state index contributed by atoms with van der Waals surface area (Å²) in [5, 5.41) is 0. The summed E-state index contributed by atoms with van der Waals surface area (Å²) >= 11 is 4.19. The highest BCUT2D eigenvalue weighted by atomic mass is 32.1. The molecule has 50 valence electrons. The van der Waals surface area contributed by atoms with Gasteiger partial charge in [0.05, 0.1) is 0 Å². The SMILES string of the molecule is CCCCC(C)CS. The fraction of sp³-hybridized carbons (Fsp3) is 1.00. The van der Waals surface area contributed by atoms with E-state index in [2.05, 4.69) is 26.5 Å². The highest BCUT2D eigenvalue weighted by Gasteiger charge is 1.95. The molecule has 0 N–H and O–H groups in total. The Morgan fingerprint density at radius 2 is 2.12 bits per heavy atom. The van der Waals surface area contributed by atoms with E-state index in [-0.39, 0.29) is 0 Å². The van der Waals surface area contributed by atoms with Crippen molar-refractivity contribution in [1.29, 1.82) is 0 Å². The van der Waals surface area contributed by atoms with Crippen molar-refractivity contribution >= 4 is 12.6 Å². The molecule has 0 aliphatic heterocycles. The van der Waals surface area contributed by atoms with Crippen LogP contribution in [0.3, 0.4) is 0 Å². The minimum atomic E-state index is 0.818. The van der Waals surface area contributed by atoms with Gasteiger partial charge in [0.1, 0.15) is 0 Å². The van der Waals surface area contributed by atoms with Gasteiger partial charge in [-0.3, -0.25) is 0 Å². The van der Waals surface area contributed by atoms with E-state index in [0.29, 0.717) is 0 Å². The van der Waals surface area contributed by atoms with Crippen LogP contribution in [0.4, 0.5) is 0 Å². The molecule has 0 nitrogen and oxygen atoms in total. The van der Waals surface area contributed by atoms with Crippen LogP contribution in [0.2, 0.25) is 0 Å². The fourth-order valence-electron chi connectivity index (χ4n) is 0.644. The number of hydrogen-bond acceptors (Lipinski definition) is 1. The van der Waals surface area contributed by atoms with Gasteiger partial charge in [-0.05, 0) is 18.1 Å². The molecule has 0 saturated carbocycles. The molecule has 0 heterocycles. The Bertz CT molecular complexity index is 43.7. The van der Waals surface area contributed by atoms with Gasteiger partial charge in [0, 0.05) is 0 Å². The Kier molecular flexibility index (Phi) is 5.73. The van der Waals surface area contributed by atoms with E-state index in [1.807, 2.05) is 0 Å². The van der Waals surface area contributed by atoms with E-state index < -0.39 is 0 Å². The van der Waals surface area contributed by atoms with Gasteiger partial charge in [-0.2, -0.15) is 12.6 Å². The van der Waals surface area contributed by atoms with E-state index >= 15 is 0 Å². The first-order valence-electron chi connectivity index (χ1n) is 3.42. The maximum Gasteiger partial charge on any atom is -0.00721 e. The maximum absolute atomic E-state index is 4.19. The Labute approximate surface area is 58.1 Å². The van der Waals surface area contributed by atoms with Crippen LogP contribution in [0.5, 0.6) is 0 Å². The lowest BCUT2D eigenvalue weighted by molar-refractivity contribution is 0.558. The largest absolute Gasteiger partial charge is 0.179 e. The standard InChI is InChI=1S/C7H16S/c1-3-4-5-7(2)6-8/h7-8H,3-6H2,1-2H3. The second-order valence-electron chi connectivity index (χ2n) is 2.43. The van der Waals surface area contributed by atoms with Crippen molar-refractivity contribution in [3.63, 3.8) is 0 Å². The van der Waals surface area contributed by atoms with Crippen molar-refractivity contribution in [2.75, 3.05) is 5.75 Å². The summed E-state index contributed by atoms with van der Waals surface area (Å²) in [4.78, 5) is 0. The van der Waals surface area contributed by atoms with Gasteiger partial charge in [0.25, 0.3) is 0 Å². The third-order valence-corrected chi connectivity index (χ3v) is 1.99. The second-order valence-corrected chi connectivity index (χ2v) is 2.80. The Balaban J connectivity index is 2.86. The molecule has 0 saturated heterocycles. The highest BCUT2D eigenvalue weighted by Crippen LogP contribution is 2.07. The minimum absolute atomic E-state index is 0.818. The molecule has 0 aliphatic carbocycles. The van der Waals surface area contributed by atoms with Gasteiger partial charge >= 0.3 is 0 Å². The monoisotopic (exact) mass is 132 g/mol. The van der Waals surface area contributed by atoms with Gasteiger partial charge in [0.15, 0.2) is 0 Å². The first-order chi connectivity index (χ1) is 3.81. The lowest BCUT2D eigenvalue weighted by Gasteiger charge is -2.03. The fourth-order valence-corrected chi connectivity index (χ4v) is 0.826. The topological polar surface area (TPSA) is 0 Å². The van der Waals surface area contributed by atoms with E-state index in [0.717, 1.165) is 11.7 Å². The molecule has 0 amide bonds. The van der Waals surface area contributed by atoms with Crippen molar-refractivity contribution < 1.29 is 0 Å². The number of rotatable bonds is 4. The van der Waals surface area contributed by atoms with Crippen LogP contribution >= 0.6 is 12.6 Å². The van der Waals surface area contributed by atoms with Gasteiger partial charge in [-0.15, -0.1) is 0 Å². The van der Waals surface area contributed by atoms with Gasteiger partial charge in [-0.1, -0.05) is 26.7 Å². The quantitative estimate of drug-likeness (QED) is 0.559. The molecule has 0 aromatic carbocycles. The summed E-state index contributed by atoms with van der Waals surface area (Å²) in [5.74, 6) is 1.86. The summed E-state index contributed by atoms with van der Waals surface area (Å²) in [6, 6.07) is 0. The highest BCUT2D eigenvalue weighted by molar-refractivity contribution is 7.80. The summed E-state index contributed by atoms with van der Waals surface area (Å²) in [6.45, 7) is 4.48. The van der Waals surface area contributed by atoms with Crippen molar-refractivity contribution in [1.82, 2.24) is 0 Å². The maximum atomic E-state index is 4.19. The molecule has 0 radical (unpaired) electrons. The third kappa shape index (κ3) is 4.51. The molecule has 1 unspecified atom stereocenters. The van der Waals surface area contributed by atoms with Crippen molar-refractivity contribution in [2.45, 2.75) is 33.1 Å². The minimum Gasteiger partial charge on any atom is -0.179 e. The molecule has 0 aromatic rings. The van der Waals surface area contributed by atoms with Crippen LogP contribution in [-0.4, -0.2) is 5.75 Å².